The Morgan fingerprint density at radius 2 is 1.84 bits per heavy atom. The number of ether oxygens (including phenoxy) is 1. The van der Waals surface area contributed by atoms with Gasteiger partial charge in [-0.15, -0.1) is 0 Å². The third-order valence-corrected chi connectivity index (χ3v) is 2.78. The lowest BCUT2D eigenvalue weighted by molar-refractivity contribution is -0.140. The van der Waals surface area contributed by atoms with Gasteiger partial charge in [-0.05, 0) is 23.8 Å². The molecule has 0 spiro atoms. The number of oxime groups is 1. The molecule has 4 nitrogen and oxygen atoms in total. The predicted octanol–water partition coefficient (Wildman–Crippen LogP) is 3.14. The number of carbonyl (C=O) groups excluding carboxylic acids is 1. The molecule has 0 atom stereocenters. The molecule has 4 heteroatoms. The summed E-state index contributed by atoms with van der Waals surface area (Å²) in [5, 5.41) is 5.93. The zero-order chi connectivity index (χ0) is 13.8. The standard InChI is InChI=1S/C15H15NO3/c1-10(16-19-11(2)17)15-13-7-5-4-6-12(13)8-9-14(15)18-3/h4-9H,1-3H3/b16-10-. The number of carbonyl (C=O) groups is 1. The van der Waals surface area contributed by atoms with E-state index in [-0.39, 0.29) is 0 Å². The maximum absolute atomic E-state index is 10.8. The highest BCUT2D eigenvalue weighted by molar-refractivity contribution is 6.12. The fraction of sp³-hybridized carbons (Fsp3) is 0.200. The van der Waals surface area contributed by atoms with Gasteiger partial charge in [0.15, 0.2) is 0 Å². The highest BCUT2D eigenvalue weighted by Crippen LogP contribution is 2.28. The van der Waals surface area contributed by atoms with Gasteiger partial charge in [-0.2, -0.15) is 0 Å². The maximum atomic E-state index is 10.8. The van der Waals surface area contributed by atoms with Gasteiger partial charge in [0, 0.05) is 12.5 Å². The van der Waals surface area contributed by atoms with Gasteiger partial charge in [-0.3, -0.25) is 0 Å². The van der Waals surface area contributed by atoms with Crippen LogP contribution in [0.2, 0.25) is 0 Å². The molecule has 0 bridgehead atoms. The van der Waals surface area contributed by atoms with Crippen molar-refractivity contribution >= 4 is 22.5 Å². The van der Waals surface area contributed by atoms with Crippen molar-refractivity contribution in [2.24, 2.45) is 5.16 Å². The van der Waals surface area contributed by atoms with Crippen LogP contribution < -0.4 is 4.74 Å². The van der Waals surface area contributed by atoms with Crippen LogP contribution in [0.25, 0.3) is 10.8 Å². The van der Waals surface area contributed by atoms with Crippen LogP contribution >= 0.6 is 0 Å². The molecule has 0 unspecified atom stereocenters. The molecule has 0 fully saturated rings. The summed E-state index contributed by atoms with van der Waals surface area (Å²) in [6, 6.07) is 11.8. The summed E-state index contributed by atoms with van der Waals surface area (Å²) in [6.07, 6.45) is 0. The van der Waals surface area contributed by atoms with E-state index in [0.717, 1.165) is 16.3 Å². The minimum absolute atomic E-state index is 0.446. The lowest BCUT2D eigenvalue weighted by Crippen LogP contribution is -2.03. The molecule has 0 aromatic heterocycles. The first-order chi connectivity index (χ1) is 9.13. The van der Waals surface area contributed by atoms with Crippen LogP contribution in [-0.4, -0.2) is 18.8 Å². The second kappa shape index (κ2) is 5.52. The van der Waals surface area contributed by atoms with Crippen molar-refractivity contribution in [2.75, 3.05) is 7.11 Å². The van der Waals surface area contributed by atoms with Gasteiger partial charge >= 0.3 is 5.97 Å². The van der Waals surface area contributed by atoms with Crippen LogP contribution in [0, 0.1) is 0 Å². The Kier molecular flexibility index (Phi) is 3.80. The molecular weight excluding hydrogens is 242 g/mol. The van der Waals surface area contributed by atoms with E-state index >= 15 is 0 Å². The summed E-state index contributed by atoms with van der Waals surface area (Å²) in [6.45, 7) is 3.10. The Morgan fingerprint density at radius 3 is 2.53 bits per heavy atom. The highest BCUT2D eigenvalue weighted by atomic mass is 16.7. The third-order valence-electron chi connectivity index (χ3n) is 2.78. The Labute approximate surface area is 111 Å². The molecular formula is C15H15NO3. The van der Waals surface area contributed by atoms with Gasteiger partial charge in [0.2, 0.25) is 0 Å². The molecule has 2 aromatic rings. The molecule has 0 N–H and O–H groups in total. The SMILES string of the molecule is COc1ccc2ccccc2c1/C(C)=N\OC(C)=O. The first kappa shape index (κ1) is 13.1. The van der Waals surface area contributed by atoms with Gasteiger partial charge in [-0.25, -0.2) is 4.79 Å². The Morgan fingerprint density at radius 1 is 1.11 bits per heavy atom. The second-order valence-electron chi connectivity index (χ2n) is 4.12. The van der Waals surface area contributed by atoms with Crippen LogP contribution in [0.15, 0.2) is 41.6 Å². The average molecular weight is 257 g/mol. The van der Waals surface area contributed by atoms with E-state index < -0.39 is 5.97 Å². The Hall–Kier alpha value is -2.36. The van der Waals surface area contributed by atoms with Crippen molar-refractivity contribution < 1.29 is 14.4 Å². The van der Waals surface area contributed by atoms with E-state index in [1.807, 2.05) is 36.4 Å². The predicted molar refractivity (Wildman–Crippen MR) is 74.5 cm³/mol. The Bertz CT molecular complexity index is 647. The van der Waals surface area contributed by atoms with Crippen molar-refractivity contribution in [1.82, 2.24) is 0 Å². The van der Waals surface area contributed by atoms with E-state index in [2.05, 4.69) is 5.16 Å². The summed E-state index contributed by atoms with van der Waals surface area (Å²) in [5.74, 6) is 0.255. The smallest absolute Gasteiger partial charge is 0.331 e. The van der Waals surface area contributed by atoms with Crippen LogP contribution in [0.1, 0.15) is 19.4 Å². The number of rotatable bonds is 3. The van der Waals surface area contributed by atoms with Crippen LogP contribution in [0.4, 0.5) is 0 Å². The number of nitrogens with zero attached hydrogens (tertiary/aromatic N) is 1. The van der Waals surface area contributed by atoms with Crippen molar-refractivity contribution in [3.8, 4) is 5.75 Å². The summed E-state index contributed by atoms with van der Waals surface area (Å²) in [4.78, 5) is 15.5. The van der Waals surface area contributed by atoms with Crippen LogP contribution in [0.5, 0.6) is 5.75 Å². The molecule has 0 radical (unpaired) electrons. The number of methoxy groups -OCH3 is 1. The molecule has 2 aromatic carbocycles. The summed E-state index contributed by atoms with van der Waals surface area (Å²) >= 11 is 0. The molecule has 0 heterocycles. The first-order valence-electron chi connectivity index (χ1n) is 5.91. The van der Waals surface area contributed by atoms with E-state index in [9.17, 15) is 4.79 Å². The first-order valence-corrected chi connectivity index (χ1v) is 5.91. The third kappa shape index (κ3) is 2.73. The fourth-order valence-electron chi connectivity index (χ4n) is 1.97. The maximum Gasteiger partial charge on any atom is 0.331 e. The van der Waals surface area contributed by atoms with Gasteiger partial charge in [0.05, 0.1) is 12.8 Å². The highest BCUT2D eigenvalue weighted by Gasteiger charge is 2.11. The largest absolute Gasteiger partial charge is 0.496 e. The number of fused-ring (bicyclic) bond motifs is 1. The topological polar surface area (TPSA) is 47.9 Å². The summed E-state index contributed by atoms with van der Waals surface area (Å²) in [7, 11) is 1.60. The van der Waals surface area contributed by atoms with Crippen LogP contribution in [-0.2, 0) is 9.63 Å². The van der Waals surface area contributed by atoms with Crippen molar-refractivity contribution in [3.63, 3.8) is 0 Å². The fourth-order valence-corrected chi connectivity index (χ4v) is 1.97. The number of hydrogen-bond donors (Lipinski definition) is 0. The molecule has 0 aliphatic rings. The number of benzene rings is 2. The molecule has 98 valence electrons. The zero-order valence-corrected chi connectivity index (χ0v) is 11.1. The van der Waals surface area contributed by atoms with Gasteiger partial charge in [0.25, 0.3) is 0 Å². The lowest BCUT2D eigenvalue weighted by Gasteiger charge is -2.11. The van der Waals surface area contributed by atoms with Gasteiger partial charge in [0.1, 0.15) is 5.75 Å². The molecule has 0 saturated heterocycles. The summed E-state index contributed by atoms with van der Waals surface area (Å²) < 4.78 is 5.36. The Balaban J connectivity index is 2.61. The van der Waals surface area contributed by atoms with E-state index in [4.69, 9.17) is 9.57 Å². The quantitative estimate of drug-likeness (QED) is 0.482. The van der Waals surface area contributed by atoms with E-state index in [1.165, 1.54) is 6.92 Å². The molecule has 0 aliphatic heterocycles. The molecule has 2 rings (SSSR count). The zero-order valence-electron chi connectivity index (χ0n) is 11.1. The summed E-state index contributed by atoms with van der Waals surface area (Å²) in [5.41, 5.74) is 1.44. The minimum atomic E-state index is -0.446. The molecule has 0 saturated carbocycles. The molecule has 0 amide bonds. The average Bonchev–Trinajstić information content (AvgIpc) is 2.43. The second-order valence-corrected chi connectivity index (χ2v) is 4.12. The van der Waals surface area contributed by atoms with Crippen LogP contribution in [0.3, 0.4) is 0 Å². The van der Waals surface area contributed by atoms with Gasteiger partial charge < -0.3 is 9.57 Å². The normalized spacial score (nSPS) is 11.4. The lowest BCUT2D eigenvalue weighted by atomic mass is 10.0. The van der Waals surface area contributed by atoms with Crippen molar-refractivity contribution in [2.45, 2.75) is 13.8 Å². The van der Waals surface area contributed by atoms with Gasteiger partial charge in [-0.1, -0.05) is 35.5 Å². The van der Waals surface area contributed by atoms with E-state index in [0.29, 0.717) is 11.5 Å². The minimum Gasteiger partial charge on any atom is -0.496 e. The molecule has 19 heavy (non-hydrogen) atoms. The number of hydrogen-bond acceptors (Lipinski definition) is 4. The van der Waals surface area contributed by atoms with E-state index in [1.54, 1.807) is 14.0 Å². The van der Waals surface area contributed by atoms with Crippen molar-refractivity contribution in [3.05, 3.63) is 42.0 Å². The monoisotopic (exact) mass is 257 g/mol. The molecule has 0 aliphatic carbocycles. The van der Waals surface area contributed by atoms with Crippen molar-refractivity contribution in [1.29, 1.82) is 0 Å².